The summed E-state index contributed by atoms with van der Waals surface area (Å²) in [5.74, 6) is -0.409. The van der Waals surface area contributed by atoms with E-state index >= 15 is 0 Å². The average molecular weight is 379 g/mol. The first kappa shape index (κ1) is 18.7. The molecule has 0 aliphatic heterocycles. The molecule has 0 saturated heterocycles. The molecule has 0 aromatic heterocycles. The Labute approximate surface area is 163 Å². The maximum atomic E-state index is 12.4. The fourth-order valence-electron chi connectivity index (χ4n) is 2.57. The first-order valence-electron chi connectivity index (χ1n) is 8.52. The maximum absolute atomic E-state index is 12.4. The number of anilines is 1. The van der Waals surface area contributed by atoms with Gasteiger partial charge in [0.25, 0.3) is 11.8 Å². The van der Waals surface area contributed by atoms with Gasteiger partial charge in [0, 0.05) is 28.4 Å². The van der Waals surface area contributed by atoms with Crippen LogP contribution in [0.1, 0.15) is 31.8 Å². The van der Waals surface area contributed by atoms with Gasteiger partial charge in [-0.25, -0.2) is 0 Å². The molecule has 0 spiro atoms. The highest BCUT2D eigenvalue weighted by Crippen LogP contribution is 2.15. The van der Waals surface area contributed by atoms with Crippen molar-refractivity contribution in [3.05, 3.63) is 100 Å². The molecule has 3 aromatic carbocycles. The lowest BCUT2D eigenvalue weighted by atomic mass is 10.1. The predicted molar refractivity (Wildman–Crippen MR) is 108 cm³/mol. The van der Waals surface area contributed by atoms with E-state index < -0.39 is 0 Å². The number of carbonyl (C=O) groups excluding carboxylic acids is 2. The van der Waals surface area contributed by atoms with Crippen LogP contribution in [0.15, 0.2) is 72.8 Å². The molecule has 0 fully saturated rings. The number of carbonyl (C=O) groups is 2. The van der Waals surface area contributed by atoms with Crippen LogP contribution in [-0.4, -0.2) is 11.8 Å². The van der Waals surface area contributed by atoms with Crippen molar-refractivity contribution in [1.82, 2.24) is 5.32 Å². The number of amides is 2. The minimum atomic E-state index is -0.211. The van der Waals surface area contributed by atoms with Crippen LogP contribution in [0.5, 0.6) is 0 Å². The molecule has 27 heavy (non-hydrogen) atoms. The molecule has 0 aliphatic carbocycles. The summed E-state index contributed by atoms with van der Waals surface area (Å²) in [6.45, 7) is 2.34. The number of benzene rings is 3. The third-order valence-corrected chi connectivity index (χ3v) is 4.42. The first-order valence-corrected chi connectivity index (χ1v) is 8.90. The maximum Gasteiger partial charge on any atom is 0.255 e. The number of nitrogens with one attached hydrogen (secondary N) is 2. The van der Waals surface area contributed by atoms with E-state index in [-0.39, 0.29) is 11.8 Å². The lowest BCUT2D eigenvalue weighted by Crippen LogP contribution is -2.23. The molecule has 3 rings (SSSR count). The summed E-state index contributed by atoms with van der Waals surface area (Å²) >= 11 is 5.85. The van der Waals surface area contributed by atoms with Crippen molar-refractivity contribution in [3.63, 3.8) is 0 Å². The lowest BCUT2D eigenvalue weighted by molar-refractivity contribution is 0.0949. The third kappa shape index (κ3) is 4.96. The van der Waals surface area contributed by atoms with E-state index in [0.717, 1.165) is 16.8 Å². The molecular formula is C22H19ClN2O2. The Morgan fingerprint density at radius 2 is 1.41 bits per heavy atom. The Morgan fingerprint density at radius 3 is 2.04 bits per heavy atom. The second-order valence-electron chi connectivity index (χ2n) is 6.16. The molecule has 136 valence electrons. The Hall–Kier alpha value is -3.11. The van der Waals surface area contributed by atoms with Crippen molar-refractivity contribution < 1.29 is 9.59 Å². The molecule has 0 bridgehead atoms. The number of para-hydroxylation sites is 1. The molecule has 0 heterocycles. The Bertz CT molecular complexity index is 951. The summed E-state index contributed by atoms with van der Waals surface area (Å²) in [5, 5.41) is 6.38. The van der Waals surface area contributed by atoms with Crippen molar-refractivity contribution in [3.8, 4) is 0 Å². The van der Waals surface area contributed by atoms with Gasteiger partial charge in [0.1, 0.15) is 0 Å². The summed E-state index contributed by atoms with van der Waals surface area (Å²) in [7, 11) is 0. The van der Waals surface area contributed by atoms with Crippen molar-refractivity contribution in [1.29, 1.82) is 0 Å². The van der Waals surface area contributed by atoms with Crippen LogP contribution in [-0.2, 0) is 6.54 Å². The smallest absolute Gasteiger partial charge is 0.255 e. The Morgan fingerprint density at radius 1 is 0.815 bits per heavy atom. The highest BCUT2D eigenvalue weighted by Gasteiger charge is 2.10. The van der Waals surface area contributed by atoms with Gasteiger partial charge in [-0.2, -0.15) is 0 Å². The average Bonchev–Trinajstić information content (AvgIpc) is 2.69. The highest BCUT2D eigenvalue weighted by atomic mass is 35.5. The minimum absolute atomic E-state index is 0.198. The van der Waals surface area contributed by atoms with Gasteiger partial charge in [0.05, 0.1) is 0 Å². The first-order chi connectivity index (χ1) is 13.0. The van der Waals surface area contributed by atoms with Crippen molar-refractivity contribution >= 4 is 29.1 Å². The van der Waals surface area contributed by atoms with Crippen LogP contribution in [0.2, 0.25) is 5.02 Å². The van der Waals surface area contributed by atoms with Gasteiger partial charge in [-0.05, 0) is 60.5 Å². The van der Waals surface area contributed by atoms with Crippen LogP contribution >= 0.6 is 11.6 Å². The van der Waals surface area contributed by atoms with E-state index in [1.165, 1.54) is 0 Å². The molecule has 4 nitrogen and oxygen atoms in total. The molecule has 5 heteroatoms. The number of hydrogen-bond acceptors (Lipinski definition) is 2. The molecule has 2 N–H and O–H groups in total. The zero-order valence-corrected chi connectivity index (χ0v) is 15.6. The number of rotatable bonds is 5. The van der Waals surface area contributed by atoms with Gasteiger partial charge in [-0.15, -0.1) is 0 Å². The van der Waals surface area contributed by atoms with E-state index in [9.17, 15) is 9.59 Å². The topological polar surface area (TPSA) is 58.2 Å². The molecule has 2 amide bonds. The highest BCUT2D eigenvalue weighted by molar-refractivity contribution is 6.30. The monoisotopic (exact) mass is 378 g/mol. The summed E-state index contributed by atoms with van der Waals surface area (Å²) in [5.41, 5.74) is 3.71. The largest absolute Gasteiger partial charge is 0.348 e. The molecule has 0 atom stereocenters. The van der Waals surface area contributed by atoms with Gasteiger partial charge in [0.2, 0.25) is 0 Å². The van der Waals surface area contributed by atoms with Gasteiger partial charge in [0.15, 0.2) is 0 Å². The van der Waals surface area contributed by atoms with E-state index in [1.54, 1.807) is 36.4 Å². The van der Waals surface area contributed by atoms with Crippen molar-refractivity contribution in [2.75, 3.05) is 5.32 Å². The van der Waals surface area contributed by atoms with Crippen LogP contribution in [0.3, 0.4) is 0 Å². The SMILES string of the molecule is Cc1ccccc1NC(=O)c1ccc(C(=O)NCc2ccc(Cl)cc2)cc1. The lowest BCUT2D eigenvalue weighted by Gasteiger charge is -2.09. The van der Waals surface area contributed by atoms with Gasteiger partial charge >= 0.3 is 0 Å². The molecule has 3 aromatic rings. The third-order valence-electron chi connectivity index (χ3n) is 4.17. The minimum Gasteiger partial charge on any atom is -0.348 e. The normalized spacial score (nSPS) is 10.3. The Kier molecular flexibility index (Phi) is 5.89. The van der Waals surface area contributed by atoms with Crippen molar-refractivity contribution in [2.45, 2.75) is 13.5 Å². The van der Waals surface area contributed by atoms with Crippen LogP contribution in [0.4, 0.5) is 5.69 Å². The summed E-state index contributed by atoms with van der Waals surface area (Å²) in [6, 6.07) is 21.4. The predicted octanol–water partition coefficient (Wildman–Crippen LogP) is 4.83. The van der Waals surface area contributed by atoms with Gasteiger partial charge in [-0.1, -0.05) is 41.9 Å². The molecule has 0 unspecified atom stereocenters. The van der Waals surface area contributed by atoms with Gasteiger partial charge < -0.3 is 10.6 Å². The quantitative estimate of drug-likeness (QED) is 0.668. The second-order valence-corrected chi connectivity index (χ2v) is 6.59. The van der Waals surface area contributed by atoms with Crippen LogP contribution in [0.25, 0.3) is 0 Å². The van der Waals surface area contributed by atoms with E-state index in [1.807, 2.05) is 43.3 Å². The molecule has 0 aliphatic rings. The number of halogens is 1. The molecule has 0 radical (unpaired) electrons. The number of hydrogen-bond donors (Lipinski definition) is 2. The molecular weight excluding hydrogens is 360 g/mol. The zero-order valence-electron chi connectivity index (χ0n) is 14.8. The summed E-state index contributed by atoms with van der Waals surface area (Å²) < 4.78 is 0. The van der Waals surface area contributed by atoms with Crippen molar-refractivity contribution in [2.24, 2.45) is 0 Å². The van der Waals surface area contributed by atoms with E-state index in [4.69, 9.17) is 11.6 Å². The van der Waals surface area contributed by atoms with Crippen LogP contribution in [0, 0.1) is 6.92 Å². The summed E-state index contributed by atoms with van der Waals surface area (Å²) in [6.07, 6.45) is 0. The second kappa shape index (κ2) is 8.52. The summed E-state index contributed by atoms with van der Waals surface area (Å²) in [4.78, 5) is 24.6. The van der Waals surface area contributed by atoms with Crippen LogP contribution < -0.4 is 10.6 Å². The fourth-order valence-corrected chi connectivity index (χ4v) is 2.69. The van der Waals surface area contributed by atoms with Gasteiger partial charge in [-0.3, -0.25) is 9.59 Å². The fraction of sp³-hybridized carbons (Fsp3) is 0.0909. The standard InChI is InChI=1S/C22H19ClN2O2/c1-15-4-2-3-5-20(15)25-22(27)18-10-8-17(9-11-18)21(26)24-14-16-6-12-19(23)13-7-16/h2-13H,14H2,1H3,(H,24,26)(H,25,27). The van der Waals surface area contributed by atoms with E-state index in [2.05, 4.69) is 10.6 Å². The van der Waals surface area contributed by atoms with E-state index in [0.29, 0.717) is 22.7 Å². The Balaban J connectivity index is 1.60. The number of aryl methyl sites for hydroxylation is 1. The zero-order chi connectivity index (χ0) is 19.2. The molecule has 0 saturated carbocycles.